The minimum absolute atomic E-state index is 0.0205. The fourth-order valence-corrected chi connectivity index (χ4v) is 2.90. The van der Waals surface area contributed by atoms with Gasteiger partial charge in [0.15, 0.2) is 11.5 Å². The molecule has 4 nitrogen and oxygen atoms in total. The number of nitrogens with zero attached hydrogens (tertiary/aromatic N) is 1. The van der Waals surface area contributed by atoms with Gasteiger partial charge in [0.25, 0.3) is 5.91 Å². The second kappa shape index (κ2) is 5.92. The van der Waals surface area contributed by atoms with Gasteiger partial charge in [-0.25, -0.2) is 4.39 Å². The van der Waals surface area contributed by atoms with Gasteiger partial charge in [-0.2, -0.15) is 0 Å². The SMILES string of the molecule is CC(=O)C1=C(O)C(=O)N(c2ccc(C)cc2)[C@@H]1c1ccc(F)cc1. The molecule has 0 saturated heterocycles. The van der Waals surface area contributed by atoms with Crippen LogP contribution in [0.5, 0.6) is 0 Å². The highest BCUT2D eigenvalue weighted by Crippen LogP contribution is 2.40. The van der Waals surface area contributed by atoms with Gasteiger partial charge in [-0.3, -0.25) is 14.5 Å². The second-order valence-corrected chi connectivity index (χ2v) is 5.78. The summed E-state index contributed by atoms with van der Waals surface area (Å²) in [6, 6.07) is 11.9. The summed E-state index contributed by atoms with van der Waals surface area (Å²) >= 11 is 0. The highest BCUT2D eigenvalue weighted by atomic mass is 19.1. The molecule has 0 unspecified atom stereocenters. The Balaban J connectivity index is 2.16. The van der Waals surface area contributed by atoms with Gasteiger partial charge in [-0.15, -0.1) is 0 Å². The molecule has 1 aliphatic rings. The van der Waals surface area contributed by atoms with Crippen LogP contribution >= 0.6 is 0 Å². The molecule has 0 aromatic heterocycles. The molecule has 1 amide bonds. The van der Waals surface area contributed by atoms with Gasteiger partial charge < -0.3 is 5.11 Å². The van der Waals surface area contributed by atoms with Crippen molar-refractivity contribution in [2.45, 2.75) is 19.9 Å². The zero-order valence-corrected chi connectivity index (χ0v) is 13.3. The van der Waals surface area contributed by atoms with E-state index in [-0.39, 0.29) is 5.57 Å². The lowest BCUT2D eigenvalue weighted by Crippen LogP contribution is -2.30. The second-order valence-electron chi connectivity index (χ2n) is 5.78. The molecule has 1 aliphatic heterocycles. The number of hydrogen-bond acceptors (Lipinski definition) is 3. The van der Waals surface area contributed by atoms with Gasteiger partial charge in [0.05, 0.1) is 11.6 Å². The number of halogens is 1. The third-order valence-corrected chi connectivity index (χ3v) is 4.09. The Labute approximate surface area is 138 Å². The monoisotopic (exact) mass is 325 g/mol. The van der Waals surface area contributed by atoms with E-state index in [1.165, 1.54) is 36.1 Å². The zero-order valence-electron chi connectivity index (χ0n) is 13.3. The summed E-state index contributed by atoms with van der Waals surface area (Å²) in [7, 11) is 0. The fourth-order valence-electron chi connectivity index (χ4n) is 2.90. The third kappa shape index (κ3) is 2.58. The molecule has 1 N–H and O–H groups in total. The molecule has 5 heteroatoms. The topological polar surface area (TPSA) is 57.6 Å². The average molecular weight is 325 g/mol. The molecule has 0 aliphatic carbocycles. The first-order valence-electron chi connectivity index (χ1n) is 7.50. The Morgan fingerprint density at radius 1 is 1.08 bits per heavy atom. The number of carbonyl (C=O) groups is 2. The van der Waals surface area contributed by atoms with Crippen LogP contribution in [0, 0.1) is 12.7 Å². The molecule has 122 valence electrons. The number of carbonyl (C=O) groups excluding carboxylic acids is 2. The van der Waals surface area contributed by atoms with Crippen molar-refractivity contribution in [1.29, 1.82) is 0 Å². The van der Waals surface area contributed by atoms with Crippen molar-refractivity contribution >= 4 is 17.4 Å². The normalized spacial score (nSPS) is 17.5. The summed E-state index contributed by atoms with van der Waals surface area (Å²) in [6.07, 6.45) is 0. The average Bonchev–Trinajstić information content (AvgIpc) is 2.81. The highest BCUT2D eigenvalue weighted by molar-refractivity contribution is 6.16. The third-order valence-electron chi connectivity index (χ3n) is 4.09. The van der Waals surface area contributed by atoms with Gasteiger partial charge in [0.1, 0.15) is 5.82 Å². The number of ketones is 1. The van der Waals surface area contributed by atoms with Gasteiger partial charge in [0.2, 0.25) is 0 Å². The quantitative estimate of drug-likeness (QED) is 0.937. The van der Waals surface area contributed by atoms with E-state index < -0.39 is 29.3 Å². The smallest absolute Gasteiger partial charge is 0.294 e. The Morgan fingerprint density at radius 2 is 1.67 bits per heavy atom. The number of aryl methyl sites for hydroxylation is 1. The summed E-state index contributed by atoms with van der Waals surface area (Å²) in [5.74, 6) is -2.01. The van der Waals surface area contributed by atoms with E-state index in [0.29, 0.717) is 11.3 Å². The molecule has 0 saturated carbocycles. The number of amides is 1. The Kier molecular flexibility index (Phi) is 3.93. The van der Waals surface area contributed by atoms with Crippen molar-refractivity contribution in [3.63, 3.8) is 0 Å². The van der Waals surface area contributed by atoms with Crippen LogP contribution in [0.15, 0.2) is 59.9 Å². The minimum Gasteiger partial charge on any atom is -0.503 e. The van der Waals surface area contributed by atoms with E-state index in [9.17, 15) is 19.1 Å². The van der Waals surface area contributed by atoms with Crippen molar-refractivity contribution in [3.8, 4) is 0 Å². The maximum absolute atomic E-state index is 13.2. The Hall–Kier alpha value is -2.95. The van der Waals surface area contributed by atoms with Crippen molar-refractivity contribution in [3.05, 3.63) is 76.8 Å². The number of rotatable bonds is 3. The first-order valence-corrected chi connectivity index (χ1v) is 7.50. The molecule has 0 spiro atoms. The summed E-state index contributed by atoms with van der Waals surface area (Å²) < 4.78 is 13.2. The van der Waals surface area contributed by atoms with E-state index in [4.69, 9.17) is 0 Å². The molecule has 0 bridgehead atoms. The molecule has 3 rings (SSSR count). The number of hydrogen-bond donors (Lipinski definition) is 1. The standard InChI is InChI=1S/C19H16FNO3/c1-11-3-9-15(10-4-11)21-17(13-5-7-14(20)8-6-13)16(12(2)22)18(23)19(21)24/h3-10,17,23H,1-2H3/t17-/m1/s1. The number of Topliss-reactive ketones (excluding diaryl/α,β-unsaturated/α-hetero) is 1. The number of aliphatic hydroxyl groups excluding tert-OH is 1. The molecular formula is C19H16FNO3. The van der Waals surface area contributed by atoms with Crippen molar-refractivity contribution in [1.82, 2.24) is 0 Å². The minimum atomic E-state index is -0.779. The Morgan fingerprint density at radius 3 is 2.21 bits per heavy atom. The molecule has 0 radical (unpaired) electrons. The largest absolute Gasteiger partial charge is 0.503 e. The lowest BCUT2D eigenvalue weighted by molar-refractivity contribution is -0.117. The van der Waals surface area contributed by atoms with Crippen LogP contribution in [0.25, 0.3) is 0 Å². The number of benzene rings is 2. The molecule has 1 heterocycles. The van der Waals surface area contributed by atoms with Crippen LogP contribution in [0.3, 0.4) is 0 Å². The van der Waals surface area contributed by atoms with E-state index in [1.54, 1.807) is 12.1 Å². The molecular weight excluding hydrogens is 309 g/mol. The number of anilines is 1. The zero-order chi connectivity index (χ0) is 17.4. The molecule has 2 aromatic carbocycles. The van der Waals surface area contributed by atoms with Gasteiger partial charge >= 0.3 is 0 Å². The lowest BCUT2D eigenvalue weighted by atomic mass is 9.96. The Bertz CT molecular complexity index is 838. The highest BCUT2D eigenvalue weighted by Gasteiger charge is 2.43. The van der Waals surface area contributed by atoms with Crippen LogP contribution in [0.4, 0.5) is 10.1 Å². The van der Waals surface area contributed by atoms with Crippen molar-refractivity contribution < 1.29 is 19.1 Å². The van der Waals surface area contributed by atoms with Crippen LogP contribution < -0.4 is 4.90 Å². The first-order chi connectivity index (χ1) is 11.4. The maximum atomic E-state index is 13.2. The predicted octanol–water partition coefficient (Wildman–Crippen LogP) is 3.62. The maximum Gasteiger partial charge on any atom is 0.294 e. The molecule has 1 atom stereocenters. The predicted molar refractivity (Wildman–Crippen MR) is 88.1 cm³/mol. The molecule has 2 aromatic rings. The van der Waals surface area contributed by atoms with Crippen LogP contribution in [-0.2, 0) is 9.59 Å². The summed E-state index contributed by atoms with van der Waals surface area (Å²) in [5, 5.41) is 10.2. The van der Waals surface area contributed by atoms with Gasteiger partial charge in [-0.05, 0) is 43.7 Å². The van der Waals surface area contributed by atoms with Crippen molar-refractivity contribution in [2.75, 3.05) is 4.90 Å². The molecule has 24 heavy (non-hydrogen) atoms. The lowest BCUT2D eigenvalue weighted by Gasteiger charge is -2.26. The summed E-state index contributed by atoms with van der Waals surface area (Å²) in [5.41, 5.74) is 2.15. The summed E-state index contributed by atoms with van der Waals surface area (Å²) in [4.78, 5) is 25.9. The van der Waals surface area contributed by atoms with Crippen LogP contribution in [0.1, 0.15) is 24.1 Å². The number of aliphatic hydroxyl groups is 1. The first kappa shape index (κ1) is 15.9. The van der Waals surface area contributed by atoms with Gasteiger partial charge in [-0.1, -0.05) is 29.8 Å². The molecule has 0 fully saturated rings. The van der Waals surface area contributed by atoms with Crippen molar-refractivity contribution in [2.24, 2.45) is 0 Å². The van der Waals surface area contributed by atoms with E-state index in [1.807, 2.05) is 19.1 Å². The van der Waals surface area contributed by atoms with Crippen LogP contribution in [-0.4, -0.2) is 16.8 Å². The van der Waals surface area contributed by atoms with E-state index in [2.05, 4.69) is 0 Å². The van der Waals surface area contributed by atoms with E-state index in [0.717, 1.165) is 5.56 Å². The van der Waals surface area contributed by atoms with Gasteiger partial charge in [0, 0.05) is 5.69 Å². The summed E-state index contributed by atoms with van der Waals surface area (Å²) in [6.45, 7) is 3.22. The van der Waals surface area contributed by atoms with E-state index >= 15 is 0 Å². The fraction of sp³-hybridized carbons (Fsp3) is 0.158. The van der Waals surface area contributed by atoms with Crippen LogP contribution in [0.2, 0.25) is 0 Å².